The number of halogens is 2. The first-order chi connectivity index (χ1) is 11.0. The van der Waals surface area contributed by atoms with Crippen molar-refractivity contribution in [2.24, 2.45) is 7.05 Å². The van der Waals surface area contributed by atoms with Crippen molar-refractivity contribution in [2.75, 3.05) is 0 Å². The van der Waals surface area contributed by atoms with Gasteiger partial charge in [0.2, 0.25) is 0 Å². The van der Waals surface area contributed by atoms with Crippen LogP contribution in [0.4, 0.5) is 8.78 Å². The number of hydrogen-bond donors (Lipinski definition) is 0. The SMILES string of the molecule is Cn1c(SCc2cccc(OC(F)F)c2)nc2sccc2c1=O. The van der Waals surface area contributed by atoms with Gasteiger partial charge < -0.3 is 4.74 Å². The highest BCUT2D eigenvalue weighted by Crippen LogP contribution is 2.25. The molecule has 23 heavy (non-hydrogen) atoms. The molecular weight excluding hydrogens is 342 g/mol. The maximum absolute atomic E-state index is 12.2. The van der Waals surface area contributed by atoms with Gasteiger partial charge in [-0.3, -0.25) is 9.36 Å². The molecule has 4 nitrogen and oxygen atoms in total. The predicted molar refractivity (Wildman–Crippen MR) is 87.5 cm³/mol. The molecule has 0 saturated carbocycles. The van der Waals surface area contributed by atoms with Crippen LogP contribution >= 0.6 is 23.1 Å². The summed E-state index contributed by atoms with van der Waals surface area (Å²) in [6.45, 7) is -2.85. The molecule has 0 aliphatic rings. The molecule has 3 rings (SSSR count). The first-order valence-electron chi connectivity index (χ1n) is 6.65. The minimum absolute atomic E-state index is 0.0893. The second-order valence-electron chi connectivity index (χ2n) is 4.71. The summed E-state index contributed by atoms with van der Waals surface area (Å²) in [5, 5.41) is 3.03. The summed E-state index contributed by atoms with van der Waals surface area (Å²) >= 11 is 2.79. The van der Waals surface area contributed by atoms with Gasteiger partial charge in [0.1, 0.15) is 10.6 Å². The summed E-state index contributed by atoms with van der Waals surface area (Å²) in [7, 11) is 1.67. The van der Waals surface area contributed by atoms with Gasteiger partial charge in [0.15, 0.2) is 5.16 Å². The maximum Gasteiger partial charge on any atom is 0.387 e. The largest absolute Gasteiger partial charge is 0.435 e. The lowest BCUT2D eigenvalue weighted by atomic mass is 10.2. The summed E-state index contributed by atoms with van der Waals surface area (Å²) < 4.78 is 30.4. The Morgan fingerprint density at radius 2 is 2.22 bits per heavy atom. The van der Waals surface area contributed by atoms with Crippen molar-refractivity contribution >= 4 is 33.3 Å². The minimum Gasteiger partial charge on any atom is -0.435 e. The Bertz CT molecular complexity index is 893. The van der Waals surface area contributed by atoms with Gasteiger partial charge in [-0.1, -0.05) is 23.9 Å². The van der Waals surface area contributed by atoms with E-state index in [4.69, 9.17) is 0 Å². The quantitative estimate of drug-likeness (QED) is 0.515. The van der Waals surface area contributed by atoms with Crippen LogP contribution in [0.15, 0.2) is 45.7 Å². The second kappa shape index (κ2) is 6.67. The fraction of sp³-hybridized carbons (Fsp3) is 0.200. The van der Waals surface area contributed by atoms with Gasteiger partial charge in [0, 0.05) is 12.8 Å². The molecule has 2 heterocycles. The summed E-state index contributed by atoms with van der Waals surface area (Å²) in [4.78, 5) is 17.4. The van der Waals surface area contributed by atoms with Gasteiger partial charge in [-0.2, -0.15) is 8.78 Å². The highest BCUT2D eigenvalue weighted by atomic mass is 32.2. The smallest absolute Gasteiger partial charge is 0.387 e. The van der Waals surface area contributed by atoms with Crippen molar-refractivity contribution in [3.05, 3.63) is 51.6 Å². The van der Waals surface area contributed by atoms with Crippen molar-refractivity contribution in [3.63, 3.8) is 0 Å². The number of benzene rings is 1. The molecule has 0 unspecified atom stereocenters. The topological polar surface area (TPSA) is 44.1 Å². The zero-order valence-electron chi connectivity index (χ0n) is 12.0. The van der Waals surface area contributed by atoms with E-state index in [0.717, 1.165) is 5.56 Å². The van der Waals surface area contributed by atoms with Crippen LogP contribution < -0.4 is 10.3 Å². The number of hydrogen-bond acceptors (Lipinski definition) is 5. The van der Waals surface area contributed by atoms with Gasteiger partial charge >= 0.3 is 6.61 Å². The molecule has 0 N–H and O–H groups in total. The number of aromatic nitrogens is 2. The molecule has 1 aromatic carbocycles. The Hall–Kier alpha value is -1.93. The molecule has 0 aliphatic heterocycles. The first kappa shape index (κ1) is 15.9. The van der Waals surface area contributed by atoms with Gasteiger partial charge in [0.25, 0.3) is 5.56 Å². The predicted octanol–water partition coefficient (Wildman–Crippen LogP) is 3.89. The van der Waals surface area contributed by atoms with Crippen molar-refractivity contribution in [1.29, 1.82) is 0 Å². The zero-order chi connectivity index (χ0) is 16.4. The average Bonchev–Trinajstić information content (AvgIpc) is 2.98. The van der Waals surface area contributed by atoms with Crippen molar-refractivity contribution in [1.82, 2.24) is 9.55 Å². The molecular formula is C15H12F2N2O2S2. The van der Waals surface area contributed by atoms with Gasteiger partial charge in [-0.25, -0.2) is 4.98 Å². The van der Waals surface area contributed by atoms with Crippen LogP contribution in [0.3, 0.4) is 0 Å². The standard InChI is InChI=1S/C15H12F2N2O2S2/c1-19-13(20)11-5-6-22-12(11)18-15(19)23-8-9-3-2-4-10(7-9)21-14(16)17/h2-7,14H,8H2,1H3. The van der Waals surface area contributed by atoms with Gasteiger partial charge in [0.05, 0.1) is 5.39 Å². The van der Waals surface area contributed by atoms with E-state index >= 15 is 0 Å². The van der Waals surface area contributed by atoms with Crippen LogP contribution in [-0.2, 0) is 12.8 Å². The summed E-state index contributed by atoms with van der Waals surface area (Å²) in [6, 6.07) is 8.26. The van der Waals surface area contributed by atoms with E-state index < -0.39 is 6.61 Å². The first-order valence-corrected chi connectivity index (χ1v) is 8.52. The molecule has 2 aromatic heterocycles. The summed E-state index contributed by atoms with van der Waals surface area (Å²) in [5.74, 6) is 0.617. The third kappa shape index (κ3) is 3.53. The molecule has 0 amide bonds. The Labute approximate surface area is 138 Å². The van der Waals surface area contributed by atoms with E-state index in [-0.39, 0.29) is 11.3 Å². The number of fused-ring (bicyclic) bond motifs is 1. The van der Waals surface area contributed by atoms with Gasteiger partial charge in [-0.05, 0) is 29.1 Å². The van der Waals surface area contributed by atoms with Crippen LogP contribution in [0, 0.1) is 0 Å². The van der Waals surface area contributed by atoms with E-state index in [0.29, 0.717) is 21.1 Å². The average molecular weight is 354 g/mol. The molecule has 0 atom stereocenters. The van der Waals surface area contributed by atoms with E-state index in [1.54, 1.807) is 25.2 Å². The second-order valence-corrected chi connectivity index (χ2v) is 6.55. The van der Waals surface area contributed by atoms with Crippen LogP contribution in [-0.4, -0.2) is 16.2 Å². The van der Waals surface area contributed by atoms with E-state index in [1.807, 2.05) is 11.4 Å². The molecule has 0 fully saturated rings. The highest BCUT2D eigenvalue weighted by Gasteiger charge is 2.10. The summed E-state index contributed by atoms with van der Waals surface area (Å²) in [6.07, 6.45) is 0. The third-order valence-corrected chi connectivity index (χ3v) is 5.06. The monoisotopic (exact) mass is 354 g/mol. The molecule has 0 saturated heterocycles. The Morgan fingerprint density at radius 1 is 1.39 bits per heavy atom. The molecule has 0 bridgehead atoms. The number of thioether (sulfide) groups is 1. The van der Waals surface area contributed by atoms with Crippen molar-refractivity contribution in [3.8, 4) is 5.75 Å². The number of nitrogens with zero attached hydrogens (tertiary/aromatic N) is 2. The van der Waals surface area contributed by atoms with Crippen LogP contribution in [0.2, 0.25) is 0 Å². The van der Waals surface area contributed by atoms with E-state index in [1.165, 1.54) is 33.7 Å². The highest BCUT2D eigenvalue weighted by molar-refractivity contribution is 7.98. The fourth-order valence-corrected chi connectivity index (χ4v) is 3.79. The third-order valence-electron chi connectivity index (χ3n) is 3.16. The Morgan fingerprint density at radius 3 is 3.00 bits per heavy atom. The molecule has 120 valence electrons. The van der Waals surface area contributed by atoms with Crippen molar-refractivity contribution < 1.29 is 13.5 Å². The molecule has 0 radical (unpaired) electrons. The summed E-state index contributed by atoms with van der Waals surface area (Å²) in [5.41, 5.74) is 0.724. The molecule has 0 spiro atoms. The molecule has 8 heteroatoms. The maximum atomic E-state index is 12.2. The lowest BCUT2D eigenvalue weighted by Crippen LogP contribution is -2.19. The number of thiophene rings is 1. The number of rotatable bonds is 5. The lowest BCUT2D eigenvalue weighted by molar-refractivity contribution is -0.0498. The number of alkyl halides is 2. The molecule has 3 aromatic rings. The van der Waals surface area contributed by atoms with Crippen molar-refractivity contribution in [2.45, 2.75) is 17.5 Å². The van der Waals surface area contributed by atoms with E-state index in [2.05, 4.69) is 9.72 Å². The van der Waals surface area contributed by atoms with Crippen LogP contribution in [0.5, 0.6) is 5.75 Å². The van der Waals surface area contributed by atoms with Crippen LogP contribution in [0.25, 0.3) is 10.2 Å². The zero-order valence-corrected chi connectivity index (χ0v) is 13.7. The molecule has 0 aliphatic carbocycles. The Kier molecular flexibility index (Phi) is 4.63. The van der Waals surface area contributed by atoms with Crippen LogP contribution in [0.1, 0.15) is 5.56 Å². The number of ether oxygens (including phenoxy) is 1. The Balaban J connectivity index is 1.81. The minimum atomic E-state index is -2.85. The van der Waals surface area contributed by atoms with Gasteiger partial charge in [-0.15, -0.1) is 11.3 Å². The normalized spacial score (nSPS) is 11.3. The van der Waals surface area contributed by atoms with E-state index in [9.17, 15) is 13.6 Å². The lowest BCUT2D eigenvalue weighted by Gasteiger charge is -2.08. The fourth-order valence-electron chi connectivity index (χ4n) is 2.07.